The number of carbonyl (C=O) groups is 1. The molecule has 3 N–H and O–H groups in total. The topological polar surface area (TPSA) is 164 Å². The molecule has 0 amide bonds. The number of benzene rings is 1. The summed E-state index contributed by atoms with van der Waals surface area (Å²) in [5.74, 6) is -2.18. The van der Waals surface area contributed by atoms with Crippen molar-refractivity contribution in [2.75, 3.05) is 0 Å². The van der Waals surface area contributed by atoms with Crippen molar-refractivity contribution in [1.82, 2.24) is 0 Å². The van der Waals surface area contributed by atoms with Gasteiger partial charge in [-0.3, -0.25) is 13.9 Å². The molecule has 0 aromatic heterocycles. The first-order chi connectivity index (χ1) is 15.5. The van der Waals surface area contributed by atoms with E-state index in [0.717, 1.165) is 43.7 Å². The van der Waals surface area contributed by atoms with E-state index in [1.165, 1.54) is 0 Å². The summed E-state index contributed by atoms with van der Waals surface area (Å²) in [6.45, 7) is 8.60. The molecule has 0 spiro atoms. The van der Waals surface area contributed by atoms with Crippen LogP contribution in [0.5, 0.6) is 17.2 Å². The van der Waals surface area contributed by atoms with Crippen LogP contribution in [0.2, 0.25) is 0 Å². The van der Waals surface area contributed by atoms with E-state index < -0.39 is 43.6 Å². The van der Waals surface area contributed by atoms with Gasteiger partial charge in [-0.2, -0.15) is 16.8 Å². The number of phenolic OH excluding ortho intramolecular Hbond substituents is 1. The maximum absolute atomic E-state index is 11.7. The third-order valence-electron chi connectivity index (χ3n) is 7.40. The molecule has 2 aliphatic rings. The zero-order valence-electron chi connectivity index (χ0n) is 19.4. The van der Waals surface area contributed by atoms with Crippen LogP contribution < -0.4 is 8.37 Å². The number of hydrogen-bond donors (Lipinski definition) is 3. The number of hydrogen-bond acceptors (Lipinski definition) is 8. The van der Waals surface area contributed by atoms with E-state index in [1.807, 2.05) is 6.92 Å². The molecule has 10 nitrogen and oxygen atoms in total. The smallest absolute Gasteiger partial charge is 0.446 e. The Morgan fingerprint density at radius 1 is 1.03 bits per heavy atom. The highest BCUT2D eigenvalue weighted by atomic mass is 32.3. The average molecular weight is 519 g/mol. The average Bonchev–Trinajstić information content (AvgIpc) is 2.65. The molecular weight excluding hydrogens is 488 g/mol. The summed E-state index contributed by atoms with van der Waals surface area (Å²) < 4.78 is 73.0. The number of aldehydes is 1. The lowest BCUT2D eigenvalue weighted by atomic mass is 9.48. The first-order valence-corrected chi connectivity index (χ1v) is 13.6. The van der Waals surface area contributed by atoms with Crippen molar-refractivity contribution >= 4 is 33.2 Å². The Morgan fingerprint density at radius 2 is 1.65 bits per heavy atom. The number of carbonyl (C=O) groups excluding carboxylic acids is 1. The lowest BCUT2D eigenvalue weighted by Crippen LogP contribution is -2.47. The maximum Gasteiger partial charge on any atom is 0.446 e. The molecule has 34 heavy (non-hydrogen) atoms. The largest absolute Gasteiger partial charge is 0.504 e. The molecule has 1 aromatic carbocycles. The van der Waals surface area contributed by atoms with Crippen LogP contribution in [0, 0.1) is 22.7 Å². The molecule has 0 saturated heterocycles. The molecule has 2 saturated carbocycles. The van der Waals surface area contributed by atoms with Gasteiger partial charge in [0.15, 0.2) is 23.5 Å². The quantitative estimate of drug-likeness (QED) is 0.367. The third-order valence-corrected chi connectivity index (χ3v) is 8.17. The summed E-state index contributed by atoms with van der Waals surface area (Å²) in [6, 6.07) is 0.942. The molecule has 3 unspecified atom stereocenters. The van der Waals surface area contributed by atoms with E-state index in [2.05, 4.69) is 29.1 Å². The molecule has 3 atom stereocenters. The van der Waals surface area contributed by atoms with Crippen molar-refractivity contribution in [3.63, 3.8) is 0 Å². The third kappa shape index (κ3) is 5.24. The molecule has 12 heteroatoms. The van der Waals surface area contributed by atoms with E-state index >= 15 is 0 Å². The van der Waals surface area contributed by atoms with E-state index in [1.54, 1.807) is 6.08 Å². The summed E-state index contributed by atoms with van der Waals surface area (Å²) in [5, 5.41) is 10.3. The number of aromatic hydroxyl groups is 1. The molecule has 2 fully saturated rings. The van der Waals surface area contributed by atoms with Crippen molar-refractivity contribution in [2.24, 2.45) is 22.7 Å². The van der Waals surface area contributed by atoms with E-state index in [0.29, 0.717) is 5.92 Å². The van der Waals surface area contributed by atoms with Crippen LogP contribution >= 0.6 is 0 Å². The summed E-state index contributed by atoms with van der Waals surface area (Å²) in [5.41, 5.74) is -0.152. The molecule has 190 valence electrons. The van der Waals surface area contributed by atoms with Gasteiger partial charge in [-0.1, -0.05) is 45.8 Å². The number of phenols is 1. The van der Waals surface area contributed by atoms with Crippen LogP contribution in [-0.2, 0) is 20.8 Å². The second-order valence-electron chi connectivity index (χ2n) is 10.1. The standard InChI is InChI=1S/C22H30O10S2/c1-13-6-7-18-21(2,3)8-5-9-22(18,4)16(13)10-14-11-17(31-33(25,26)27)19(24)15(12-23)20(14)32-34(28,29)30/h10-13,18,24H,5-9H2,1-4H3,(H,25,26,27)(H,28,29,30). The maximum atomic E-state index is 11.7. The molecule has 1 aromatic rings. The summed E-state index contributed by atoms with van der Waals surface area (Å²) in [6.07, 6.45) is 6.41. The molecule has 0 bridgehead atoms. The van der Waals surface area contributed by atoms with E-state index in [-0.39, 0.29) is 28.6 Å². The molecule has 0 aliphatic heterocycles. The predicted octanol–water partition coefficient (Wildman–Crippen LogP) is 4.21. The minimum atomic E-state index is -5.12. The van der Waals surface area contributed by atoms with Gasteiger partial charge in [0.05, 0.1) is 0 Å². The highest BCUT2D eigenvalue weighted by Crippen LogP contribution is 2.61. The zero-order chi connectivity index (χ0) is 25.7. The molecule has 0 heterocycles. The number of allylic oxidation sites excluding steroid dienone is 1. The molecular formula is C22H30O10S2. The van der Waals surface area contributed by atoms with Gasteiger partial charge in [0.2, 0.25) is 0 Å². The van der Waals surface area contributed by atoms with Crippen LogP contribution in [0.25, 0.3) is 6.08 Å². The van der Waals surface area contributed by atoms with Crippen molar-refractivity contribution in [2.45, 2.75) is 59.8 Å². The Kier molecular flexibility index (Phi) is 6.86. The Labute approximate surface area is 199 Å². The minimum Gasteiger partial charge on any atom is -0.504 e. The summed E-state index contributed by atoms with van der Waals surface area (Å²) in [4.78, 5) is 11.7. The number of fused-ring (bicyclic) bond motifs is 1. The summed E-state index contributed by atoms with van der Waals surface area (Å²) in [7, 11) is -10.2. The van der Waals surface area contributed by atoms with Crippen molar-refractivity contribution in [3.8, 4) is 17.2 Å². The van der Waals surface area contributed by atoms with Gasteiger partial charge in [0.25, 0.3) is 0 Å². The van der Waals surface area contributed by atoms with Gasteiger partial charge < -0.3 is 13.5 Å². The molecule has 2 aliphatic carbocycles. The Hall–Kier alpha value is -2.15. The highest BCUT2D eigenvalue weighted by Gasteiger charge is 2.51. The monoisotopic (exact) mass is 518 g/mol. The fraction of sp³-hybridized carbons (Fsp3) is 0.591. The van der Waals surface area contributed by atoms with Crippen LogP contribution in [-0.4, -0.2) is 37.3 Å². The van der Waals surface area contributed by atoms with Crippen molar-refractivity contribution < 1.29 is 44.2 Å². The van der Waals surface area contributed by atoms with Crippen molar-refractivity contribution in [1.29, 1.82) is 0 Å². The Balaban J connectivity index is 2.31. The fourth-order valence-corrected chi connectivity index (χ4v) is 6.80. The van der Waals surface area contributed by atoms with Crippen molar-refractivity contribution in [3.05, 3.63) is 22.8 Å². The summed E-state index contributed by atoms with van der Waals surface area (Å²) >= 11 is 0. The zero-order valence-corrected chi connectivity index (χ0v) is 21.1. The van der Waals surface area contributed by atoms with Gasteiger partial charge in [-0.05, 0) is 54.4 Å². The second-order valence-corrected chi connectivity index (χ2v) is 12.1. The van der Waals surface area contributed by atoms with Crippen LogP contribution in [0.1, 0.15) is 75.7 Å². The lowest BCUT2D eigenvalue weighted by molar-refractivity contribution is -0.00534. The second kappa shape index (κ2) is 8.81. The van der Waals surface area contributed by atoms with Gasteiger partial charge in [0.1, 0.15) is 5.56 Å². The van der Waals surface area contributed by atoms with Crippen LogP contribution in [0.3, 0.4) is 0 Å². The highest BCUT2D eigenvalue weighted by molar-refractivity contribution is 7.81. The van der Waals surface area contributed by atoms with Gasteiger partial charge in [0, 0.05) is 5.56 Å². The Bertz CT molecular complexity index is 1230. The fourth-order valence-electron chi connectivity index (χ4n) is 6.05. The van der Waals surface area contributed by atoms with Gasteiger partial charge >= 0.3 is 20.8 Å². The normalized spacial score (nSPS) is 28.2. The number of rotatable bonds is 6. The van der Waals surface area contributed by atoms with Crippen LogP contribution in [0.15, 0.2) is 11.6 Å². The van der Waals surface area contributed by atoms with Crippen LogP contribution in [0.4, 0.5) is 0 Å². The first-order valence-electron chi connectivity index (χ1n) is 10.9. The van der Waals surface area contributed by atoms with E-state index in [9.17, 15) is 31.3 Å². The molecule has 3 rings (SSSR count). The van der Waals surface area contributed by atoms with Gasteiger partial charge in [-0.25, -0.2) is 0 Å². The van der Waals surface area contributed by atoms with Gasteiger partial charge in [-0.15, -0.1) is 0 Å². The SMILES string of the molecule is CC1CCC2C(C)(C)CCCC2(C)C1=Cc1cc(OS(=O)(=O)O)c(O)c(C=O)c1OS(=O)(=O)O. The molecule has 0 radical (unpaired) electrons. The minimum absolute atomic E-state index is 0.0350. The van der Waals surface area contributed by atoms with E-state index in [4.69, 9.17) is 4.55 Å². The Morgan fingerprint density at radius 3 is 2.21 bits per heavy atom. The lowest BCUT2D eigenvalue weighted by Gasteiger charge is -2.56. The predicted molar refractivity (Wildman–Crippen MR) is 123 cm³/mol. The first kappa shape index (κ1) is 26.5.